The maximum atomic E-state index is 5.84. The molecule has 0 fully saturated rings. The zero-order valence-electron chi connectivity index (χ0n) is 11.1. The molecule has 0 amide bonds. The summed E-state index contributed by atoms with van der Waals surface area (Å²) in [7, 11) is 3.82. The van der Waals surface area contributed by atoms with Gasteiger partial charge >= 0.3 is 0 Å². The number of aryl methyl sites for hydroxylation is 1. The summed E-state index contributed by atoms with van der Waals surface area (Å²) in [5.41, 5.74) is 1.01. The molecule has 0 aliphatic rings. The van der Waals surface area contributed by atoms with Crippen LogP contribution in [0.4, 0.5) is 0 Å². The zero-order valence-corrected chi connectivity index (χ0v) is 12.7. The molecule has 5 nitrogen and oxygen atoms in total. The third-order valence-electron chi connectivity index (χ3n) is 2.78. The molecule has 0 bridgehead atoms. The Balaban J connectivity index is 3.04. The second-order valence-electron chi connectivity index (χ2n) is 4.32. The van der Waals surface area contributed by atoms with Crippen LogP contribution in [-0.4, -0.2) is 34.8 Å². The Bertz CT molecular complexity index is 334. The molecule has 2 unspecified atom stereocenters. The van der Waals surface area contributed by atoms with E-state index in [0.29, 0.717) is 12.5 Å². The molecule has 0 saturated heterocycles. The van der Waals surface area contributed by atoms with Gasteiger partial charge in [0.15, 0.2) is 4.60 Å². The molecule has 1 N–H and O–H groups in total. The highest BCUT2D eigenvalue weighted by molar-refractivity contribution is 9.10. The van der Waals surface area contributed by atoms with Gasteiger partial charge in [-0.2, -0.15) is 0 Å². The molecule has 0 aliphatic carbocycles. The first-order valence-electron chi connectivity index (χ1n) is 5.86. The fraction of sp³-hybridized carbons (Fsp3) is 0.818. The van der Waals surface area contributed by atoms with Crippen molar-refractivity contribution in [3.63, 3.8) is 0 Å². The Hall–Kier alpha value is -0.460. The Morgan fingerprint density at radius 1 is 1.47 bits per heavy atom. The van der Waals surface area contributed by atoms with Gasteiger partial charge in [-0.3, -0.25) is 0 Å². The highest BCUT2D eigenvalue weighted by Gasteiger charge is 2.29. The predicted octanol–water partition coefficient (Wildman–Crippen LogP) is 1.90. The number of nitrogens with zero attached hydrogens (tertiary/aromatic N) is 3. The summed E-state index contributed by atoms with van der Waals surface area (Å²) < 4.78 is 8.38. The smallest absolute Gasteiger partial charge is 0.153 e. The minimum Gasteiger partial charge on any atom is -0.376 e. The zero-order chi connectivity index (χ0) is 13.0. The molecule has 6 heteroatoms. The maximum Gasteiger partial charge on any atom is 0.153 e. The fourth-order valence-corrected chi connectivity index (χ4v) is 2.57. The lowest BCUT2D eigenvalue weighted by atomic mass is 9.97. The highest BCUT2D eigenvalue weighted by Crippen LogP contribution is 2.28. The van der Waals surface area contributed by atoms with Crippen LogP contribution in [0.15, 0.2) is 4.60 Å². The number of likely N-dealkylation sites (N-methyl/N-ethyl adjacent to an activating group) is 1. The Kier molecular flexibility index (Phi) is 5.55. The Labute approximate surface area is 111 Å². The van der Waals surface area contributed by atoms with E-state index in [-0.39, 0.29) is 12.1 Å². The minimum atomic E-state index is 0.0734. The van der Waals surface area contributed by atoms with E-state index >= 15 is 0 Å². The highest BCUT2D eigenvalue weighted by atomic mass is 79.9. The first-order valence-corrected chi connectivity index (χ1v) is 6.66. The Morgan fingerprint density at radius 2 is 2.12 bits per heavy atom. The molecular weight excluding hydrogens is 284 g/mol. The van der Waals surface area contributed by atoms with Crippen molar-refractivity contribution in [2.75, 3.05) is 13.7 Å². The monoisotopic (exact) mass is 304 g/mol. The first-order chi connectivity index (χ1) is 8.02. The van der Waals surface area contributed by atoms with Crippen molar-refractivity contribution in [1.82, 2.24) is 20.3 Å². The summed E-state index contributed by atoms with van der Waals surface area (Å²) in [6, 6.07) is 0.0734. The third-order valence-corrected chi connectivity index (χ3v) is 3.34. The largest absolute Gasteiger partial charge is 0.376 e. The lowest BCUT2D eigenvalue weighted by Gasteiger charge is -2.29. The number of ether oxygens (including phenoxy) is 1. The van der Waals surface area contributed by atoms with Crippen LogP contribution >= 0.6 is 15.9 Å². The summed E-state index contributed by atoms with van der Waals surface area (Å²) in [6.07, 6.45) is 0.0958. The van der Waals surface area contributed by atoms with Gasteiger partial charge in [0.2, 0.25) is 0 Å². The van der Waals surface area contributed by atoms with E-state index in [9.17, 15) is 0 Å². The normalized spacial score (nSPS) is 15.2. The quantitative estimate of drug-likeness (QED) is 0.872. The lowest BCUT2D eigenvalue weighted by molar-refractivity contribution is 0.00259. The lowest BCUT2D eigenvalue weighted by Crippen LogP contribution is -2.37. The van der Waals surface area contributed by atoms with Gasteiger partial charge in [0.05, 0.1) is 17.8 Å². The molecule has 1 heterocycles. The van der Waals surface area contributed by atoms with Crippen molar-refractivity contribution >= 4 is 15.9 Å². The summed E-state index contributed by atoms with van der Waals surface area (Å²) in [4.78, 5) is 0. The van der Waals surface area contributed by atoms with Gasteiger partial charge in [-0.1, -0.05) is 19.1 Å². The van der Waals surface area contributed by atoms with E-state index in [1.165, 1.54) is 0 Å². The molecule has 1 rings (SSSR count). The van der Waals surface area contributed by atoms with Crippen LogP contribution in [-0.2, 0) is 11.8 Å². The van der Waals surface area contributed by atoms with E-state index in [4.69, 9.17) is 4.74 Å². The van der Waals surface area contributed by atoms with Gasteiger partial charge in [-0.25, -0.2) is 4.68 Å². The molecule has 0 aliphatic heterocycles. The van der Waals surface area contributed by atoms with E-state index in [0.717, 1.165) is 10.3 Å². The van der Waals surface area contributed by atoms with Gasteiger partial charge in [0.25, 0.3) is 0 Å². The second kappa shape index (κ2) is 6.47. The van der Waals surface area contributed by atoms with Gasteiger partial charge in [-0.05, 0) is 35.8 Å². The molecule has 0 radical (unpaired) electrons. The molecule has 0 spiro atoms. The van der Waals surface area contributed by atoms with Crippen molar-refractivity contribution in [3.8, 4) is 0 Å². The minimum absolute atomic E-state index is 0.0734. The van der Waals surface area contributed by atoms with E-state index in [1.54, 1.807) is 4.68 Å². The molecule has 0 aromatic carbocycles. The summed E-state index contributed by atoms with van der Waals surface area (Å²) in [6.45, 7) is 7.02. The average Bonchev–Trinajstić information content (AvgIpc) is 2.60. The van der Waals surface area contributed by atoms with E-state index in [2.05, 4.69) is 45.4 Å². The SMILES string of the molecule is CCOC(C(C)C)C(NC)c1c(Br)nnn1C. The molecule has 0 saturated carbocycles. The van der Waals surface area contributed by atoms with Crippen LogP contribution in [0.3, 0.4) is 0 Å². The number of aromatic nitrogens is 3. The Morgan fingerprint density at radius 3 is 2.47 bits per heavy atom. The number of rotatable bonds is 6. The standard InChI is InChI=1S/C11H21BrN4O/c1-6-17-10(7(2)3)8(13-4)9-11(12)14-15-16(9)5/h7-8,10,13H,6H2,1-5H3. The van der Waals surface area contributed by atoms with Gasteiger partial charge < -0.3 is 10.1 Å². The number of hydrogen-bond acceptors (Lipinski definition) is 4. The number of hydrogen-bond donors (Lipinski definition) is 1. The van der Waals surface area contributed by atoms with Crippen molar-refractivity contribution in [2.24, 2.45) is 13.0 Å². The first kappa shape index (κ1) is 14.6. The van der Waals surface area contributed by atoms with Crippen molar-refractivity contribution < 1.29 is 4.74 Å². The molecule has 2 atom stereocenters. The molecule has 98 valence electrons. The molecular formula is C11H21BrN4O. The fourth-order valence-electron chi connectivity index (χ4n) is 1.99. The van der Waals surface area contributed by atoms with Crippen molar-refractivity contribution in [3.05, 3.63) is 10.3 Å². The van der Waals surface area contributed by atoms with Crippen LogP contribution in [0.25, 0.3) is 0 Å². The van der Waals surface area contributed by atoms with Gasteiger partial charge in [0.1, 0.15) is 0 Å². The summed E-state index contributed by atoms with van der Waals surface area (Å²) in [5.74, 6) is 0.411. The summed E-state index contributed by atoms with van der Waals surface area (Å²) >= 11 is 3.44. The van der Waals surface area contributed by atoms with Crippen molar-refractivity contribution in [2.45, 2.75) is 32.9 Å². The third kappa shape index (κ3) is 3.26. The van der Waals surface area contributed by atoms with E-state index in [1.807, 2.05) is 21.0 Å². The second-order valence-corrected chi connectivity index (χ2v) is 5.07. The average molecular weight is 305 g/mol. The van der Waals surface area contributed by atoms with Crippen LogP contribution in [0, 0.1) is 5.92 Å². The summed E-state index contributed by atoms with van der Waals surface area (Å²) in [5, 5.41) is 11.3. The molecule has 1 aromatic rings. The van der Waals surface area contributed by atoms with Crippen molar-refractivity contribution in [1.29, 1.82) is 0 Å². The van der Waals surface area contributed by atoms with Crippen LogP contribution in [0.2, 0.25) is 0 Å². The predicted molar refractivity (Wildman–Crippen MR) is 70.8 cm³/mol. The van der Waals surface area contributed by atoms with E-state index < -0.39 is 0 Å². The topological polar surface area (TPSA) is 52.0 Å². The van der Waals surface area contributed by atoms with Crippen LogP contribution in [0.1, 0.15) is 32.5 Å². The van der Waals surface area contributed by atoms with Gasteiger partial charge in [-0.15, -0.1) is 5.10 Å². The molecule has 1 aromatic heterocycles. The van der Waals surface area contributed by atoms with Crippen LogP contribution < -0.4 is 5.32 Å². The van der Waals surface area contributed by atoms with Gasteiger partial charge in [0, 0.05) is 13.7 Å². The van der Waals surface area contributed by atoms with Crippen LogP contribution in [0.5, 0.6) is 0 Å². The number of halogens is 1. The number of nitrogens with one attached hydrogen (secondary N) is 1. The molecule has 17 heavy (non-hydrogen) atoms. The maximum absolute atomic E-state index is 5.84.